The Hall–Kier alpha value is -3.65. The molecule has 0 spiro atoms. The first kappa shape index (κ1) is 18.2. The van der Waals surface area contributed by atoms with Crippen molar-refractivity contribution in [1.29, 1.82) is 0 Å². The van der Waals surface area contributed by atoms with E-state index < -0.39 is 11.9 Å². The largest absolute Gasteiger partial charge is 0.477 e. The number of hydrogen-bond acceptors (Lipinski definition) is 4. The SMILES string of the molecule is O=C(Nc1ccc(NC(=O)c2nc[nH]c2C(=O)O)cc1)c1ccccc1Cl. The van der Waals surface area contributed by atoms with Crippen molar-refractivity contribution < 1.29 is 19.5 Å². The van der Waals surface area contributed by atoms with Crippen LogP contribution in [0.25, 0.3) is 0 Å². The number of hydrogen-bond donors (Lipinski definition) is 4. The number of halogens is 1. The summed E-state index contributed by atoms with van der Waals surface area (Å²) in [5, 5.41) is 14.6. The van der Waals surface area contributed by atoms with Crippen LogP contribution in [-0.2, 0) is 0 Å². The van der Waals surface area contributed by atoms with E-state index in [1.165, 1.54) is 0 Å². The third kappa shape index (κ3) is 4.13. The molecule has 0 radical (unpaired) electrons. The average Bonchev–Trinajstić information content (AvgIpc) is 3.14. The second-order valence-corrected chi connectivity index (χ2v) is 5.80. The number of H-pyrrole nitrogens is 1. The molecule has 9 heteroatoms. The number of carboxylic acid groups (broad SMARTS) is 1. The van der Waals surface area contributed by atoms with Crippen LogP contribution in [0, 0.1) is 0 Å². The molecule has 136 valence electrons. The molecule has 0 atom stereocenters. The number of carbonyl (C=O) groups excluding carboxylic acids is 2. The summed E-state index contributed by atoms with van der Waals surface area (Å²) in [6.07, 6.45) is 1.13. The molecule has 1 aromatic heterocycles. The second-order valence-electron chi connectivity index (χ2n) is 5.40. The highest BCUT2D eigenvalue weighted by Gasteiger charge is 2.19. The maximum absolute atomic E-state index is 12.2. The highest BCUT2D eigenvalue weighted by molar-refractivity contribution is 6.34. The van der Waals surface area contributed by atoms with E-state index in [0.29, 0.717) is 22.0 Å². The molecule has 0 aliphatic rings. The van der Waals surface area contributed by atoms with Crippen molar-refractivity contribution in [3.05, 3.63) is 76.8 Å². The van der Waals surface area contributed by atoms with Gasteiger partial charge in [0.2, 0.25) is 0 Å². The Bertz CT molecular complexity index is 1010. The van der Waals surface area contributed by atoms with Gasteiger partial charge in [0.15, 0.2) is 11.4 Å². The Labute approximate surface area is 158 Å². The molecule has 27 heavy (non-hydrogen) atoms. The van der Waals surface area contributed by atoms with E-state index in [9.17, 15) is 14.4 Å². The molecule has 2 aromatic carbocycles. The molecule has 0 unspecified atom stereocenters. The van der Waals surface area contributed by atoms with Crippen molar-refractivity contribution in [3.63, 3.8) is 0 Å². The summed E-state index contributed by atoms with van der Waals surface area (Å²) in [4.78, 5) is 41.5. The van der Waals surface area contributed by atoms with Gasteiger partial charge in [0, 0.05) is 11.4 Å². The minimum Gasteiger partial charge on any atom is -0.477 e. The molecule has 0 saturated heterocycles. The van der Waals surface area contributed by atoms with Crippen molar-refractivity contribution >= 4 is 40.8 Å². The molecule has 0 aliphatic heterocycles. The van der Waals surface area contributed by atoms with Gasteiger partial charge in [-0.15, -0.1) is 0 Å². The fourth-order valence-electron chi connectivity index (χ4n) is 2.30. The van der Waals surface area contributed by atoms with Gasteiger partial charge >= 0.3 is 5.97 Å². The number of rotatable bonds is 5. The van der Waals surface area contributed by atoms with Crippen LogP contribution >= 0.6 is 11.6 Å². The van der Waals surface area contributed by atoms with Crippen LogP contribution in [-0.4, -0.2) is 32.9 Å². The number of carbonyl (C=O) groups is 3. The summed E-state index contributed by atoms with van der Waals surface area (Å²) in [6.45, 7) is 0. The van der Waals surface area contributed by atoms with E-state index in [4.69, 9.17) is 16.7 Å². The van der Waals surface area contributed by atoms with Crippen LogP contribution in [0.15, 0.2) is 54.9 Å². The first-order valence-corrected chi connectivity index (χ1v) is 8.07. The van der Waals surface area contributed by atoms with Gasteiger partial charge in [0.1, 0.15) is 0 Å². The molecule has 0 aliphatic carbocycles. The molecule has 1 heterocycles. The Morgan fingerprint density at radius 2 is 1.52 bits per heavy atom. The number of benzene rings is 2. The maximum atomic E-state index is 12.2. The van der Waals surface area contributed by atoms with Gasteiger partial charge in [-0.25, -0.2) is 9.78 Å². The summed E-state index contributed by atoms with van der Waals surface area (Å²) >= 11 is 5.99. The standard InChI is InChI=1S/C18H13ClN4O4/c19-13-4-2-1-3-12(13)16(24)22-10-5-7-11(8-6-10)23-17(25)14-15(18(26)27)21-9-20-14/h1-9H,(H,20,21)(H,22,24)(H,23,25)(H,26,27). The minimum atomic E-state index is -1.28. The van der Waals surface area contributed by atoms with E-state index in [1.807, 2.05) is 0 Å². The molecule has 4 N–H and O–H groups in total. The molecule has 0 bridgehead atoms. The molecular weight excluding hydrogens is 372 g/mol. The lowest BCUT2D eigenvalue weighted by molar-refractivity contribution is 0.0686. The van der Waals surface area contributed by atoms with Crippen molar-refractivity contribution in [3.8, 4) is 0 Å². The van der Waals surface area contributed by atoms with Crippen LogP contribution in [0.2, 0.25) is 5.02 Å². The number of imidazole rings is 1. The van der Waals surface area contributed by atoms with Gasteiger partial charge in [-0.2, -0.15) is 0 Å². The third-order valence-electron chi connectivity index (χ3n) is 3.59. The lowest BCUT2D eigenvalue weighted by atomic mass is 10.2. The van der Waals surface area contributed by atoms with Crippen molar-refractivity contribution in [1.82, 2.24) is 9.97 Å². The zero-order valence-corrected chi connectivity index (χ0v) is 14.4. The number of aromatic nitrogens is 2. The van der Waals surface area contributed by atoms with Crippen LogP contribution in [0.5, 0.6) is 0 Å². The molecule has 8 nitrogen and oxygen atoms in total. The van der Waals surface area contributed by atoms with Gasteiger partial charge in [-0.05, 0) is 36.4 Å². The van der Waals surface area contributed by atoms with Crippen LogP contribution < -0.4 is 10.6 Å². The van der Waals surface area contributed by atoms with Crippen LogP contribution in [0.1, 0.15) is 31.3 Å². The summed E-state index contributed by atoms with van der Waals surface area (Å²) in [7, 11) is 0. The monoisotopic (exact) mass is 384 g/mol. The number of nitrogens with one attached hydrogen (secondary N) is 3. The van der Waals surface area contributed by atoms with Gasteiger partial charge in [0.25, 0.3) is 11.8 Å². The fourth-order valence-corrected chi connectivity index (χ4v) is 2.52. The zero-order valence-electron chi connectivity index (χ0n) is 13.7. The third-order valence-corrected chi connectivity index (χ3v) is 3.92. The Kier molecular flexibility index (Phi) is 5.18. The van der Waals surface area contributed by atoms with E-state index in [2.05, 4.69) is 20.6 Å². The first-order chi connectivity index (χ1) is 13.0. The smallest absolute Gasteiger partial charge is 0.354 e. The Balaban J connectivity index is 1.68. The molecular formula is C18H13ClN4O4. The number of amides is 2. The maximum Gasteiger partial charge on any atom is 0.354 e. The summed E-state index contributed by atoms with van der Waals surface area (Å²) in [5.41, 5.74) is 0.741. The Morgan fingerprint density at radius 3 is 2.11 bits per heavy atom. The van der Waals surface area contributed by atoms with Gasteiger partial charge in [-0.1, -0.05) is 23.7 Å². The van der Waals surface area contributed by atoms with Crippen LogP contribution in [0.4, 0.5) is 11.4 Å². The molecule has 0 fully saturated rings. The fraction of sp³-hybridized carbons (Fsp3) is 0. The highest BCUT2D eigenvalue weighted by Crippen LogP contribution is 2.19. The highest BCUT2D eigenvalue weighted by atomic mass is 35.5. The second kappa shape index (κ2) is 7.71. The van der Waals surface area contributed by atoms with E-state index in [-0.39, 0.29) is 17.3 Å². The predicted octanol–water partition coefficient (Wildman–Crippen LogP) is 3.27. The summed E-state index contributed by atoms with van der Waals surface area (Å²) in [6, 6.07) is 13.0. The number of carboxylic acids is 1. The number of aromatic amines is 1. The van der Waals surface area contributed by atoms with E-state index >= 15 is 0 Å². The van der Waals surface area contributed by atoms with Crippen molar-refractivity contribution in [2.75, 3.05) is 10.6 Å². The molecule has 3 aromatic rings. The van der Waals surface area contributed by atoms with Gasteiger partial charge in [0.05, 0.1) is 16.9 Å². The number of nitrogens with zero attached hydrogens (tertiary/aromatic N) is 1. The van der Waals surface area contributed by atoms with Crippen molar-refractivity contribution in [2.24, 2.45) is 0 Å². The van der Waals surface area contributed by atoms with Gasteiger partial charge < -0.3 is 20.7 Å². The lowest BCUT2D eigenvalue weighted by Gasteiger charge is -2.08. The van der Waals surface area contributed by atoms with Gasteiger partial charge in [-0.3, -0.25) is 9.59 Å². The zero-order chi connectivity index (χ0) is 19.4. The van der Waals surface area contributed by atoms with Crippen LogP contribution in [0.3, 0.4) is 0 Å². The molecule has 0 saturated carbocycles. The topological polar surface area (TPSA) is 124 Å². The molecule has 2 amide bonds. The van der Waals surface area contributed by atoms with E-state index in [1.54, 1.807) is 48.5 Å². The Morgan fingerprint density at radius 1 is 0.926 bits per heavy atom. The normalized spacial score (nSPS) is 10.3. The average molecular weight is 385 g/mol. The molecule has 3 rings (SSSR count). The lowest BCUT2D eigenvalue weighted by Crippen LogP contribution is -2.16. The minimum absolute atomic E-state index is 0.224. The van der Waals surface area contributed by atoms with E-state index in [0.717, 1.165) is 6.33 Å². The number of anilines is 2. The summed E-state index contributed by atoms with van der Waals surface area (Å²) in [5.74, 6) is -2.31. The summed E-state index contributed by atoms with van der Waals surface area (Å²) < 4.78 is 0. The first-order valence-electron chi connectivity index (χ1n) is 7.69. The van der Waals surface area contributed by atoms with Crippen molar-refractivity contribution in [2.45, 2.75) is 0 Å². The number of aromatic carboxylic acids is 1. The quantitative estimate of drug-likeness (QED) is 0.537. The predicted molar refractivity (Wildman–Crippen MR) is 99.3 cm³/mol.